The summed E-state index contributed by atoms with van der Waals surface area (Å²) < 4.78 is 19.8. The number of fused-ring (bicyclic) bond motifs is 1. The summed E-state index contributed by atoms with van der Waals surface area (Å²) in [4.78, 5) is 40.2. The van der Waals surface area contributed by atoms with Crippen LogP contribution in [0.3, 0.4) is 0 Å². The SMILES string of the molecule is COC(=O)c1ccc(C2C(=C(O)c3ccc(C)c(F)c3)C(=O)C(=O)N2c2nnc(SCc3cccc4ccccc34)s2)cc1. The third kappa shape index (κ3) is 5.36. The molecule has 2 heterocycles. The second-order valence-corrected chi connectivity index (χ2v) is 12.2. The van der Waals surface area contributed by atoms with Crippen LogP contribution in [0.2, 0.25) is 0 Å². The van der Waals surface area contributed by atoms with E-state index in [4.69, 9.17) is 4.74 Å². The minimum Gasteiger partial charge on any atom is -0.507 e. The molecule has 1 aromatic heterocycles. The summed E-state index contributed by atoms with van der Waals surface area (Å²) in [5, 5.41) is 22.2. The molecule has 1 aliphatic heterocycles. The van der Waals surface area contributed by atoms with Crippen molar-refractivity contribution in [1.29, 1.82) is 0 Å². The van der Waals surface area contributed by atoms with Gasteiger partial charge in [0.2, 0.25) is 5.13 Å². The van der Waals surface area contributed by atoms with Crippen LogP contribution in [0, 0.1) is 12.7 Å². The van der Waals surface area contributed by atoms with Crippen molar-refractivity contribution < 1.29 is 28.6 Å². The van der Waals surface area contributed by atoms with Gasteiger partial charge in [0.1, 0.15) is 11.6 Å². The highest BCUT2D eigenvalue weighted by molar-refractivity contribution is 8.00. The Morgan fingerprint density at radius 3 is 2.48 bits per heavy atom. The van der Waals surface area contributed by atoms with Gasteiger partial charge in [-0.25, -0.2) is 9.18 Å². The maximum atomic E-state index is 14.4. The monoisotopic (exact) mass is 625 g/mol. The molecular formula is C33H24FN3O5S2. The summed E-state index contributed by atoms with van der Waals surface area (Å²) in [6.45, 7) is 1.58. The van der Waals surface area contributed by atoms with Crippen molar-refractivity contribution in [1.82, 2.24) is 10.2 Å². The van der Waals surface area contributed by atoms with E-state index in [1.165, 1.54) is 48.0 Å². The number of carbonyl (C=O) groups is 3. The Hall–Kier alpha value is -4.87. The number of hydrogen-bond donors (Lipinski definition) is 1. The van der Waals surface area contributed by atoms with E-state index < -0.39 is 35.3 Å². The predicted molar refractivity (Wildman–Crippen MR) is 167 cm³/mol. The van der Waals surface area contributed by atoms with Gasteiger partial charge in [-0.05, 0) is 52.6 Å². The van der Waals surface area contributed by atoms with Crippen LogP contribution in [0.4, 0.5) is 9.52 Å². The number of benzene rings is 4. The number of anilines is 1. The standard InChI is InChI=1S/C33H24FN3O5S2/c1-18-10-11-22(16-25(18)34)28(38)26-27(20-12-14-21(15-13-20)31(41)42-2)37(30(40)29(26)39)32-35-36-33(44-32)43-17-23-8-5-7-19-6-3-4-9-24(19)23/h3-16,27,38H,17H2,1-2H3. The first-order valence-corrected chi connectivity index (χ1v) is 15.3. The quantitative estimate of drug-likeness (QED) is 0.0523. The van der Waals surface area contributed by atoms with Crippen LogP contribution in [-0.4, -0.2) is 40.1 Å². The number of halogens is 1. The molecule has 0 bridgehead atoms. The zero-order valence-corrected chi connectivity index (χ0v) is 25.1. The van der Waals surface area contributed by atoms with Crippen molar-refractivity contribution in [2.24, 2.45) is 0 Å². The van der Waals surface area contributed by atoms with Crippen LogP contribution < -0.4 is 4.90 Å². The van der Waals surface area contributed by atoms with Crippen LogP contribution in [0.5, 0.6) is 0 Å². The highest BCUT2D eigenvalue weighted by Gasteiger charge is 2.48. The molecule has 1 saturated heterocycles. The van der Waals surface area contributed by atoms with Crippen molar-refractivity contribution in [3.05, 3.63) is 124 Å². The second kappa shape index (κ2) is 12.0. The Balaban J connectivity index is 1.39. The lowest BCUT2D eigenvalue weighted by Gasteiger charge is -2.22. The van der Waals surface area contributed by atoms with E-state index in [9.17, 15) is 23.9 Å². The Morgan fingerprint density at radius 2 is 1.73 bits per heavy atom. The van der Waals surface area contributed by atoms with E-state index in [1.54, 1.807) is 19.1 Å². The minimum atomic E-state index is -1.12. The first-order valence-electron chi connectivity index (χ1n) is 13.5. The number of thioether (sulfide) groups is 1. The molecule has 0 saturated carbocycles. The number of ether oxygens (including phenoxy) is 1. The molecule has 1 atom stereocenters. The van der Waals surface area contributed by atoms with Crippen LogP contribution in [0.25, 0.3) is 16.5 Å². The summed E-state index contributed by atoms with van der Waals surface area (Å²) >= 11 is 2.59. The number of hydrogen-bond acceptors (Lipinski definition) is 9. The maximum Gasteiger partial charge on any atom is 0.337 e. The van der Waals surface area contributed by atoms with Gasteiger partial charge in [0.05, 0.1) is 24.3 Å². The predicted octanol–water partition coefficient (Wildman–Crippen LogP) is 6.84. The normalized spacial score (nSPS) is 16.1. The molecule has 6 rings (SSSR count). The maximum absolute atomic E-state index is 14.4. The molecule has 1 amide bonds. The summed E-state index contributed by atoms with van der Waals surface area (Å²) in [6, 6.07) is 23.2. The minimum absolute atomic E-state index is 0.0471. The molecule has 0 aliphatic carbocycles. The highest BCUT2D eigenvalue weighted by Crippen LogP contribution is 2.44. The number of nitrogens with zero attached hydrogens (tertiary/aromatic N) is 3. The number of Topliss-reactive ketones (excluding diaryl/α,β-unsaturated/α-hetero) is 1. The van der Waals surface area contributed by atoms with Gasteiger partial charge in [-0.2, -0.15) is 0 Å². The Labute approximate surface area is 259 Å². The summed E-state index contributed by atoms with van der Waals surface area (Å²) in [7, 11) is 1.26. The van der Waals surface area contributed by atoms with Gasteiger partial charge in [0.25, 0.3) is 5.78 Å². The van der Waals surface area contributed by atoms with Crippen molar-refractivity contribution in [2.45, 2.75) is 23.1 Å². The zero-order valence-electron chi connectivity index (χ0n) is 23.5. The van der Waals surface area contributed by atoms with Crippen LogP contribution in [-0.2, 0) is 20.1 Å². The molecule has 0 radical (unpaired) electrons. The number of methoxy groups -OCH3 is 1. The molecule has 5 aromatic rings. The largest absolute Gasteiger partial charge is 0.507 e. The molecule has 220 valence electrons. The molecule has 11 heteroatoms. The number of aliphatic hydroxyl groups is 1. The molecule has 44 heavy (non-hydrogen) atoms. The van der Waals surface area contributed by atoms with Crippen molar-refractivity contribution in [3.8, 4) is 0 Å². The van der Waals surface area contributed by atoms with Crippen molar-refractivity contribution in [3.63, 3.8) is 0 Å². The molecule has 1 N–H and O–H groups in total. The molecule has 1 aliphatic rings. The van der Waals surface area contributed by atoms with E-state index in [1.807, 2.05) is 36.4 Å². The Kier molecular flexibility index (Phi) is 7.98. The van der Waals surface area contributed by atoms with Crippen LogP contribution in [0.15, 0.2) is 94.8 Å². The van der Waals surface area contributed by atoms with Gasteiger partial charge in [0, 0.05) is 11.3 Å². The van der Waals surface area contributed by atoms with Crippen molar-refractivity contribution >= 4 is 62.4 Å². The van der Waals surface area contributed by atoms with Crippen LogP contribution in [0.1, 0.15) is 38.7 Å². The molecule has 1 fully saturated rings. The number of aliphatic hydroxyl groups excluding tert-OH is 1. The number of rotatable bonds is 7. The Bertz CT molecular complexity index is 1970. The van der Waals surface area contributed by atoms with Crippen molar-refractivity contribution in [2.75, 3.05) is 12.0 Å². The van der Waals surface area contributed by atoms with Gasteiger partial charge in [-0.15, -0.1) is 10.2 Å². The van der Waals surface area contributed by atoms with E-state index in [2.05, 4.69) is 16.3 Å². The lowest BCUT2D eigenvalue weighted by Crippen LogP contribution is -2.29. The number of aryl methyl sites for hydroxylation is 1. The van der Waals surface area contributed by atoms with Gasteiger partial charge < -0.3 is 9.84 Å². The third-order valence-electron chi connectivity index (χ3n) is 7.37. The first-order chi connectivity index (χ1) is 21.3. The number of amides is 1. The lowest BCUT2D eigenvalue weighted by atomic mass is 9.94. The third-order valence-corrected chi connectivity index (χ3v) is 9.47. The van der Waals surface area contributed by atoms with E-state index in [-0.39, 0.29) is 21.8 Å². The summed E-state index contributed by atoms with van der Waals surface area (Å²) in [6.07, 6.45) is 0. The number of carbonyl (C=O) groups excluding carboxylic acids is 3. The average Bonchev–Trinajstić information content (AvgIpc) is 3.62. The number of ketones is 1. The van der Waals surface area contributed by atoms with E-state index in [0.717, 1.165) is 33.7 Å². The van der Waals surface area contributed by atoms with Gasteiger partial charge in [-0.3, -0.25) is 14.5 Å². The number of esters is 1. The van der Waals surface area contributed by atoms with Crippen LogP contribution >= 0.6 is 23.1 Å². The molecular weight excluding hydrogens is 602 g/mol. The molecule has 4 aromatic carbocycles. The summed E-state index contributed by atoms with van der Waals surface area (Å²) in [5.74, 6) is -2.92. The highest BCUT2D eigenvalue weighted by atomic mass is 32.2. The number of aromatic nitrogens is 2. The topological polar surface area (TPSA) is 110 Å². The van der Waals surface area contributed by atoms with Gasteiger partial charge >= 0.3 is 11.9 Å². The van der Waals surface area contributed by atoms with E-state index >= 15 is 0 Å². The molecule has 8 nitrogen and oxygen atoms in total. The van der Waals surface area contributed by atoms with Gasteiger partial charge in [0.15, 0.2) is 4.34 Å². The Morgan fingerprint density at radius 1 is 1.00 bits per heavy atom. The fourth-order valence-electron chi connectivity index (χ4n) is 5.08. The average molecular weight is 626 g/mol. The second-order valence-electron chi connectivity index (χ2n) is 10.0. The first kappa shape index (κ1) is 29.2. The fraction of sp³-hybridized carbons (Fsp3) is 0.121. The summed E-state index contributed by atoms with van der Waals surface area (Å²) in [5.41, 5.74) is 1.97. The molecule has 0 spiro atoms. The fourth-order valence-corrected chi connectivity index (χ4v) is 6.95. The zero-order chi connectivity index (χ0) is 31.0. The van der Waals surface area contributed by atoms with Gasteiger partial charge in [-0.1, -0.05) is 89.8 Å². The smallest absolute Gasteiger partial charge is 0.337 e. The lowest BCUT2D eigenvalue weighted by molar-refractivity contribution is -0.132. The molecule has 1 unspecified atom stereocenters. The van der Waals surface area contributed by atoms with E-state index in [0.29, 0.717) is 21.2 Å².